The summed E-state index contributed by atoms with van der Waals surface area (Å²) in [6.45, 7) is 1.06. The molecule has 0 spiro atoms. The van der Waals surface area contributed by atoms with E-state index in [1.165, 1.54) is 19.3 Å². The SMILES string of the molecule is Nc1cccc(-c2nccn2CCC2CC2)c1. The number of anilines is 1. The summed E-state index contributed by atoms with van der Waals surface area (Å²) >= 11 is 0. The van der Waals surface area contributed by atoms with Crippen molar-refractivity contribution in [1.29, 1.82) is 0 Å². The van der Waals surface area contributed by atoms with Crippen molar-refractivity contribution in [3.8, 4) is 11.4 Å². The van der Waals surface area contributed by atoms with Gasteiger partial charge in [-0.2, -0.15) is 0 Å². The number of nitrogen functional groups attached to an aromatic ring is 1. The van der Waals surface area contributed by atoms with Crippen LogP contribution in [0.25, 0.3) is 11.4 Å². The number of aryl methyl sites for hydroxylation is 1. The smallest absolute Gasteiger partial charge is 0.139 e. The molecule has 1 fully saturated rings. The predicted molar refractivity (Wildman–Crippen MR) is 69.4 cm³/mol. The van der Waals surface area contributed by atoms with E-state index < -0.39 is 0 Å². The molecule has 1 aliphatic carbocycles. The molecule has 0 saturated heterocycles. The number of imidazole rings is 1. The maximum atomic E-state index is 5.81. The Balaban J connectivity index is 1.83. The molecule has 88 valence electrons. The van der Waals surface area contributed by atoms with Gasteiger partial charge < -0.3 is 10.3 Å². The second-order valence-electron chi connectivity index (χ2n) is 4.80. The number of rotatable bonds is 4. The lowest BCUT2D eigenvalue weighted by atomic mass is 10.2. The van der Waals surface area contributed by atoms with Gasteiger partial charge in [0, 0.05) is 30.2 Å². The zero-order chi connectivity index (χ0) is 11.7. The van der Waals surface area contributed by atoms with E-state index in [4.69, 9.17) is 5.73 Å². The molecule has 17 heavy (non-hydrogen) atoms. The van der Waals surface area contributed by atoms with Gasteiger partial charge in [0.1, 0.15) is 5.82 Å². The molecule has 0 aliphatic heterocycles. The zero-order valence-corrected chi connectivity index (χ0v) is 9.84. The maximum Gasteiger partial charge on any atom is 0.139 e. The van der Waals surface area contributed by atoms with Gasteiger partial charge in [-0.3, -0.25) is 0 Å². The number of nitrogens with two attached hydrogens (primary N) is 1. The third kappa shape index (κ3) is 2.33. The van der Waals surface area contributed by atoms with Crippen molar-refractivity contribution < 1.29 is 0 Å². The van der Waals surface area contributed by atoms with Crippen LogP contribution in [-0.2, 0) is 6.54 Å². The summed E-state index contributed by atoms with van der Waals surface area (Å²) in [7, 11) is 0. The molecule has 2 N–H and O–H groups in total. The number of hydrogen-bond donors (Lipinski definition) is 1. The lowest BCUT2D eigenvalue weighted by molar-refractivity contribution is 0.601. The molecule has 1 aromatic carbocycles. The van der Waals surface area contributed by atoms with Crippen molar-refractivity contribution in [2.45, 2.75) is 25.8 Å². The van der Waals surface area contributed by atoms with Gasteiger partial charge in [-0.05, 0) is 24.5 Å². The van der Waals surface area contributed by atoms with Gasteiger partial charge in [-0.25, -0.2) is 4.98 Å². The van der Waals surface area contributed by atoms with Crippen molar-refractivity contribution in [3.63, 3.8) is 0 Å². The molecular weight excluding hydrogens is 210 g/mol. The van der Waals surface area contributed by atoms with Crippen LogP contribution in [0.1, 0.15) is 19.3 Å². The molecule has 1 aliphatic rings. The highest BCUT2D eigenvalue weighted by molar-refractivity contribution is 5.61. The zero-order valence-electron chi connectivity index (χ0n) is 9.84. The van der Waals surface area contributed by atoms with E-state index in [0.29, 0.717) is 0 Å². The standard InChI is InChI=1S/C14H17N3/c15-13-3-1-2-12(10-13)14-16-7-9-17(14)8-6-11-4-5-11/h1-3,7,9-11H,4-6,8,15H2. The van der Waals surface area contributed by atoms with E-state index >= 15 is 0 Å². The summed E-state index contributed by atoms with van der Waals surface area (Å²) < 4.78 is 2.23. The van der Waals surface area contributed by atoms with Crippen LogP contribution < -0.4 is 5.73 Å². The van der Waals surface area contributed by atoms with Crippen LogP contribution >= 0.6 is 0 Å². The lowest BCUT2D eigenvalue weighted by Crippen LogP contribution is -2.00. The average Bonchev–Trinajstić information content (AvgIpc) is 3.04. The van der Waals surface area contributed by atoms with Crippen molar-refractivity contribution in [2.24, 2.45) is 5.92 Å². The van der Waals surface area contributed by atoms with Gasteiger partial charge in [0.25, 0.3) is 0 Å². The first-order chi connectivity index (χ1) is 8.33. The molecule has 0 radical (unpaired) electrons. The fraction of sp³-hybridized carbons (Fsp3) is 0.357. The van der Waals surface area contributed by atoms with Crippen LogP contribution in [-0.4, -0.2) is 9.55 Å². The first-order valence-electron chi connectivity index (χ1n) is 6.20. The van der Waals surface area contributed by atoms with Crippen molar-refractivity contribution in [3.05, 3.63) is 36.7 Å². The molecule has 0 bridgehead atoms. The summed E-state index contributed by atoms with van der Waals surface area (Å²) in [6.07, 6.45) is 8.00. The van der Waals surface area contributed by atoms with Crippen LogP contribution in [0.15, 0.2) is 36.7 Å². The van der Waals surface area contributed by atoms with Crippen LogP contribution in [0.5, 0.6) is 0 Å². The summed E-state index contributed by atoms with van der Waals surface area (Å²) in [5, 5.41) is 0. The Hall–Kier alpha value is -1.77. The van der Waals surface area contributed by atoms with E-state index in [-0.39, 0.29) is 0 Å². The van der Waals surface area contributed by atoms with Crippen molar-refractivity contribution in [2.75, 3.05) is 5.73 Å². The average molecular weight is 227 g/mol. The third-order valence-corrected chi connectivity index (χ3v) is 3.34. The number of benzene rings is 1. The van der Waals surface area contributed by atoms with Crippen molar-refractivity contribution >= 4 is 5.69 Å². The summed E-state index contributed by atoms with van der Waals surface area (Å²) in [5.41, 5.74) is 7.70. The maximum absolute atomic E-state index is 5.81. The van der Waals surface area contributed by atoms with Gasteiger partial charge in [0.2, 0.25) is 0 Å². The monoisotopic (exact) mass is 227 g/mol. The third-order valence-electron chi connectivity index (χ3n) is 3.34. The van der Waals surface area contributed by atoms with Crippen LogP contribution in [0.4, 0.5) is 5.69 Å². The Morgan fingerprint density at radius 2 is 2.24 bits per heavy atom. The molecule has 0 unspecified atom stereocenters. The largest absolute Gasteiger partial charge is 0.399 e. The first-order valence-corrected chi connectivity index (χ1v) is 6.20. The van der Waals surface area contributed by atoms with E-state index in [0.717, 1.165) is 29.5 Å². The Morgan fingerprint density at radius 3 is 3.00 bits per heavy atom. The summed E-state index contributed by atoms with van der Waals surface area (Å²) in [6, 6.07) is 7.92. The van der Waals surface area contributed by atoms with Gasteiger partial charge >= 0.3 is 0 Å². The minimum atomic E-state index is 0.791. The van der Waals surface area contributed by atoms with Crippen molar-refractivity contribution in [1.82, 2.24) is 9.55 Å². The first kappa shape index (κ1) is 10.4. The molecule has 1 aromatic heterocycles. The molecule has 0 atom stereocenters. The summed E-state index contributed by atoms with van der Waals surface area (Å²) in [4.78, 5) is 4.43. The van der Waals surface area contributed by atoms with Gasteiger partial charge in [-0.15, -0.1) is 0 Å². The molecular formula is C14H17N3. The normalized spacial score (nSPS) is 15.1. The van der Waals surface area contributed by atoms with Gasteiger partial charge in [0.05, 0.1) is 0 Å². The second kappa shape index (κ2) is 4.24. The quantitative estimate of drug-likeness (QED) is 0.816. The fourth-order valence-electron chi connectivity index (χ4n) is 2.16. The molecule has 3 nitrogen and oxygen atoms in total. The molecule has 0 amide bonds. The number of hydrogen-bond acceptors (Lipinski definition) is 2. The lowest BCUT2D eigenvalue weighted by Gasteiger charge is -2.07. The Morgan fingerprint density at radius 1 is 1.35 bits per heavy atom. The van der Waals surface area contributed by atoms with Crippen LogP contribution in [0.2, 0.25) is 0 Å². The highest BCUT2D eigenvalue weighted by atomic mass is 15.1. The minimum Gasteiger partial charge on any atom is -0.399 e. The van der Waals surface area contributed by atoms with Crippen LogP contribution in [0.3, 0.4) is 0 Å². The van der Waals surface area contributed by atoms with E-state index in [2.05, 4.69) is 21.8 Å². The highest BCUT2D eigenvalue weighted by Crippen LogP contribution is 2.33. The van der Waals surface area contributed by atoms with E-state index in [1.54, 1.807) is 0 Å². The minimum absolute atomic E-state index is 0.791. The predicted octanol–water partition coefficient (Wildman–Crippen LogP) is 2.93. The Bertz CT molecular complexity index is 512. The van der Waals surface area contributed by atoms with E-state index in [1.807, 2.05) is 24.4 Å². The second-order valence-corrected chi connectivity index (χ2v) is 4.80. The molecule has 3 rings (SSSR count). The van der Waals surface area contributed by atoms with E-state index in [9.17, 15) is 0 Å². The topological polar surface area (TPSA) is 43.8 Å². The number of aromatic nitrogens is 2. The van der Waals surface area contributed by atoms with Gasteiger partial charge in [-0.1, -0.05) is 25.0 Å². The molecule has 2 aromatic rings. The summed E-state index contributed by atoms with van der Waals surface area (Å²) in [5.74, 6) is 1.98. The molecule has 1 heterocycles. The van der Waals surface area contributed by atoms with Crippen LogP contribution in [0, 0.1) is 5.92 Å². The van der Waals surface area contributed by atoms with Gasteiger partial charge in [0.15, 0.2) is 0 Å². The molecule has 3 heteroatoms. The fourth-order valence-corrected chi connectivity index (χ4v) is 2.16. The number of nitrogens with zero attached hydrogens (tertiary/aromatic N) is 2. The highest BCUT2D eigenvalue weighted by Gasteiger charge is 2.21. The Kier molecular flexibility index (Phi) is 2.59. The molecule has 1 saturated carbocycles. The Labute approximate surface area is 101 Å².